The molecule has 7 nitrogen and oxygen atoms in total. The van der Waals surface area contributed by atoms with E-state index >= 15 is 0 Å². The Balaban J connectivity index is 1.99. The van der Waals surface area contributed by atoms with Crippen molar-refractivity contribution in [2.24, 2.45) is 5.73 Å². The van der Waals surface area contributed by atoms with Crippen molar-refractivity contribution in [2.45, 2.75) is 25.4 Å². The van der Waals surface area contributed by atoms with Gasteiger partial charge in [-0.2, -0.15) is 0 Å². The molecule has 1 fully saturated rings. The van der Waals surface area contributed by atoms with Gasteiger partial charge in [0, 0.05) is 30.9 Å². The van der Waals surface area contributed by atoms with Crippen LogP contribution in [0.2, 0.25) is 0 Å². The summed E-state index contributed by atoms with van der Waals surface area (Å²) in [5.74, 6) is -0.0244. The van der Waals surface area contributed by atoms with E-state index in [1.165, 1.54) is 7.11 Å². The number of rotatable bonds is 3. The number of hydrogen-bond donors (Lipinski definition) is 2. The molecule has 0 atom stereocenters. The minimum absolute atomic E-state index is 0.0244. The van der Waals surface area contributed by atoms with E-state index in [0.29, 0.717) is 24.3 Å². The largest absolute Gasteiger partial charge is 0.453 e. The van der Waals surface area contributed by atoms with Crippen LogP contribution in [0, 0.1) is 0 Å². The highest BCUT2D eigenvalue weighted by atomic mass is 16.5. The molecule has 1 aromatic rings. The van der Waals surface area contributed by atoms with Crippen molar-refractivity contribution in [3.05, 3.63) is 29.6 Å². The van der Waals surface area contributed by atoms with Gasteiger partial charge in [0.25, 0.3) is 5.91 Å². The van der Waals surface area contributed by atoms with Gasteiger partial charge >= 0.3 is 6.09 Å². The van der Waals surface area contributed by atoms with Crippen LogP contribution in [0.5, 0.6) is 0 Å². The zero-order chi connectivity index (χ0) is 15.2. The standard InChI is InChI=1S/C14H20N4O3/c1-21-14(20)17-9-12-8-10(2-5-16-12)13(19)18-6-3-11(15)4-7-18/h2,5,8,11H,3-4,6-7,9,15H2,1H3,(H,17,20). The lowest BCUT2D eigenvalue weighted by atomic mass is 10.0. The smallest absolute Gasteiger partial charge is 0.407 e. The molecule has 114 valence electrons. The number of amides is 2. The number of carbonyl (C=O) groups is 2. The lowest BCUT2D eigenvalue weighted by Gasteiger charge is -2.30. The van der Waals surface area contributed by atoms with Gasteiger partial charge in [-0.05, 0) is 25.0 Å². The predicted molar refractivity (Wildman–Crippen MR) is 76.6 cm³/mol. The maximum atomic E-state index is 12.4. The van der Waals surface area contributed by atoms with Crippen LogP contribution in [0.3, 0.4) is 0 Å². The van der Waals surface area contributed by atoms with E-state index in [-0.39, 0.29) is 18.5 Å². The van der Waals surface area contributed by atoms with Crippen LogP contribution >= 0.6 is 0 Å². The number of ether oxygens (including phenoxy) is 1. The number of nitrogens with two attached hydrogens (primary N) is 1. The van der Waals surface area contributed by atoms with Crippen molar-refractivity contribution in [3.8, 4) is 0 Å². The van der Waals surface area contributed by atoms with E-state index in [2.05, 4.69) is 15.0 Å². The molecule has 0 radical (unpaired) electrons. The van der Waals surface area contributed by atoms with E-state index in [0.717, 1.165) is 12.8 Å². The molecule has 2 amide bonds. The van der Waals surface area contributed by atoms with Crippen LogP contribution in [-0.2, 0) is 11.3 Å². The summed E-state index contributed by atoms with van der Waals surface area (Å²) in [6.45, 7) is 1.58. The molecule has 0 aliphatic carbocycles. The zero-order valence-corrected chi connectivity index (χ0v) is 12.0. The number of likely N-dealkylation sites (tertiary alicyclic amines) is 1. The Labute approximate surface area is 123 Å². The molecule has 0 unspecified atom stereocenters. The van der Waals surface area contributed by atoms with Crippen molar-refractivity contribution < 1.29 is 14.3 Å². The molecular weight excluding hydrogens is 272 g/mol. The summed E-state index contributed by atoms with van der Waals surface area (Å²) < 4.78 is 4.49. The number of aromatic nitrogens is 1. The third-order valence-electron chi connectivity index (χ3n) is 3.49. The first-order valence-electron chi connectivity index (χ1n) is 6.91. The van der Waals surface area contributed by atoms with Crippen molar-refractivity contribution in [3.63, 3.8) is 0 Å². The Kier molecular flexibility index (Phi) is 5.10. The van der Waals surface area contributed by atoms with E-state index in [9.17, 15) is 9.59 Å². The fourth-order valence-electron chi connectivity index (χ4n) is 2.23. The van der Waals surface area contributed by atoms with E-state index in [1.54, 1.807) is 23.2 Å². The van der Waals surface area contributed by atoms with Crippen LogP contribution in [-0.4, -0.2) is 48.1 Å². The van der Waals surface area contributed by atoms with Gasteiger partial charge in [0.2, 0.25) is 0 Å². The number of nitrogens with zero attached hydrogens (tertiary/aromatic N) is 2. The van der Waals surface area contributed by atoms with Crippen LogP contribution < -0.4 is 11.1 Å². The van der Waals surface area contributed by atoms with Gasteiger partial charge in [-0.15, -0.1) is 0 Å². The fraction of sp³-hybridized carbons (Fsp3) is 0.500. The first kappa shape index (κ1) is 15.2. The third kappa shape index (κ3) is 4.16. The minimum Gasteiger partial charge on any atom is -0.453 e. The van der Waals surface area contributed by atoms with Crippen molar-refractivity contribution in [2.75, 3.05) is 20.2 Å². The molecule has 3 N–H and O–H groups in total. The number of carbonyl (C=O) groups excluding carboxylic acids is 2. The molecule has 0 spiro atoms. The topological polar surface area (TPSA) is 97.5 Å². The average molecular weight is 292 g/mol. The first-order valence-corrected chi connectivity index (χ1v) is 6.91. The van der Waals surface area contributed by atoms with Gasteiger partial charge in [0.15, 0.2) is 0 Å². The maximum Gasteiger partial charge on any atom is 0.407 e. The number of hydrogen-bond acceptors (Lipinski definition) is 5. The summed E-state index contributed by atoms with van der Waals surface area (Å²) in [4.78, 5) is 29.4. The molecule has 2 rings (SSSR count). The van der Waals surface area contributed by atoms with Crippen LogP contribution in [0.25, 0.3) is 0 Å². The highest BCUT2D eigenvalue weighted by molar-refractivity contribution is 5.94. The summed E-state index contributed by atoms with van der Waals surface area (Å²) in [6, 6.07) is 3.55. The fourth-order valence-corrected chi connectivity index (χ4v) is 2.23. The molecule has 0 saturated carbocycles. The molecule has 1 saturated heterocycles. The molecular formula is C14H20N4O3. The maximum absolute atomic E-state index is 12.4. The van der Waals surface area contributed by atoms with Crippen molar-refractivity contribution >= 4 is 12.0 Å². The van der Waals surface area contributed by atoms with Gasteiger partial charge in [-0.25, -0.2) is 4.79 Å². The second-order valence-electron chi connectivity index (χ2n) is 5.01. The minimum atomic E-state index is -0.529. The Morgan fingerprint density at radius 1 is 1.48 bits per heavy atom. The number of nitrogens with one attached hydrogen (secondary N) is 1. The van der Waals surface area contributed by atoms with Crippen molar-refractivity contribution in [1.29, 1.82) is 0 Å². The monoisotopic (exact) mass is 292 g/mol. The van der Waals surface area contributed by atoms with Gasteiger partial charge < -0.3 is 20.7 Å². The molecule has 0 aromatic carbocycles. The molecule has 21 heavy (non-hydrogen) atoms. The Morgan fingerprint density at radius 2 is 2.19 bits per heavy atom. The first-order chi connectivity index (χ1) is 10.1. The lowest BCUT2D eigenvalue weighted by Crippen LogP contribution is -2.42. The number of pyridine rings is 1. The zero-order valence-electron chi connectivity index (χ0n) is 12.0. The summed E-state index contributed by atoms with van der Waals surface area (Å²) in [6.07, 6.45) is 2.69. The summed E-state index contributed by atoms with van der Waals surface area (Å²) >= 11 is 0. The Hall–Kier alpha value is -2.15. The van der Waals surface area contributed by atoms with Crippen molar-refractivity contribution in [1.82, 2.24) is 15.2 Å². The van der Waals surface area contributed by atoms with Crippen LogP contribution in [0.4, 0.5) is 4.79 Å². The van der Waals surface area contributed by atoms with Gasteiger partial charge in [-0.1, -0.05) is 0 Å². The quantitative estimate of drug-likeness (QED) is 0.845. The Morgan fingerprint density at radius 3 is 2.86 bits per heavy atom. The SMILES string of the molecule is COC(=O)NCc1cc(C(=O)N2CCC(N)CC2)ccn1. The van der Waals surface area contributed by atoms with E-state index in [1.807, 2.05) is 0 Å². The third-order valence-corrected chi connectivity index (χ3v) is 3.49. The normalized spacial score (nSPS) is 15.6. The van der Waals surface area contributed by atoms with E-state index < -0.39 is 6.09 Å². The lowest BCUT2D eigenvalue weighted by molar-refractivity contribution is 0.0714. The van der Waals surface area contributed by atoms with Gasteiger partial charge in [-0.3, -0.25) is 9.78 Å². The molecule has 1 aliphatic heterocycles. The number of methoxy groups -OCH3 is 1. The average Bonchev–Trinajstić information content (AvgIpc) is 2.53. The van der Waals surface area contributed by atoms with Gasteiger partial charge in [0.1, 0.15) is 0 Å². The Bertz CT molecular complexity index is 513. The highest BCUT2D eigenvalue weighted by Gasteiger charge is 2.21. The van der Waals surface area contributed by atoms with Crippen LogP contribution in [0.15, 0.2) is 18.3 Å². The molecule has 0 bridgehead atoms. The van der Waals surface area contributed by atoms with E-state index in [4.69, 9.17) is 5.73 Å². The molecule has 2 heterocycles. The molecule has 1 aromatic heterocycles. The van der Waals surface area contributed by atoms with Crippen LogP contribution in [0.1, 0.15) is 28.9 Å². The van der Waals surface area contributed by atoms with Gasteiger partial charge in [0.05, 0.1) is 19.3 Å². The second kappa shape index (κ2) is 7.03. The second-order valence-corrected chi connectivity index (χ2v) is 5.01. The highest BCUT2D eigenvalue weighted by Crippen LogP contribution is 2.13. The summed E-state index contributed by atoms with van der Waals surface area (Å²) in [5, 5.41) is 2.54. The number of alkyl carbamates (subject to hydrolysis) is 1. The molecule has 1 aliphatic rings. The predicted octanol–water partition coefficient (Wildman–Crippen LogP) is 0.501. The summed E-state index contributed by atoms with van der Waals surface area (Å²) in [5.41, 5.74) is 7.02. The molecule has 7 heteroatoms. The summed E-state index contributed by atoms with van der Waals surface area (Å²) in [7, 11) is 1.30. The number of piperidine rings is 1.